The van der Waals surface area contributed by atoms with Crippen molar-refractivity contribution in [3.05, 3.63) is 53.0 Å². The van der Waals surface area contributed by atoms with Crippen LogP contribution < -0.4 is 10.1 Å². The highest BCUT2D eigenvalue weighted by molar-refractivity contribution is 9.10. The lowest BCUT2D eigenvalue weighted by atomic mass is 10.1. The van der Waals surface area contributed by atoms with Gasteiger partial charge in [0, 0.05) is 6.54 Å². The Morgan fingerprint density at radius 1 is 1.05 bits per heavy atom. The van der Waals surface area contributed by atoms with E-state index >= 15 is 0 Å². The minimum Gasteiger partial charge on any atom is -0.488 e. The second kappa shape index (κ2) is 5.76. The number of ether oxygens (including phenoxy) is 1. The van der Waals surface area contributed by atoms with Gasteiger partial charge in [-0.05, 0) is 52.2 Å². The van der Waals surface area contributed by atoms with Crippen LogP contribution in [0.2, 0.25) is 0 Å². The van der Waals surface area contributed by atoms with Gasteiger partial charge in [0.1, 0.15) is 11.9 Å². The van der Waals surface area contributed by atoms with E-state index in [1.165, 1.54) is 11.1 Å². The SMILES string of the molecule is Brc1cc(-c2ccccc2)ccc1OC1CCNC1. The van der Waals surface area contributed by atoms with Gasteiger partial charge >= 0.3 is 0 Å². The van der Waals surface area contributed by atoms with Gasteiger partial charge in [-0.2, -0.15) is 0 Å². The summed E-state index contributed by atoms with van der Waals surface area (Å²) in [5, 5.41) is 3.31. The van der Waals surface area contributed by atoms with Crippen molar-refractivity contribution in [3.63, 3.8) is 0 Å². The molecule has 0 amide bonds. The average Bonchev–Trinajstić information content (AvgIpc) is 2.95. The van der Waals surface area contributed by atoms with Crippen molar-refractivity contribution in [3.8, 4) is 16.9 Å². The molecule has 0 aromatic heterocycles. The third-order valence-electron chi connectivity index (χ3n) is 3.35. The zero-order valence-electron chi connectivity index (χ0n) is 10.6. The summed E-state index contributed by atoms with van der Waals surface area (Å²) in [6, 6.07) is 16.6. The summed E-state index contributed by atoms with van der Waals surface area (Å²) in [6.45, 7) is 1.98. The number of rotatable bonds is 3. The molecular weight excluding hydrogens is 302 g/mol. The molecule has 1 heterocycles. The molecular formula is C16H16BrNO. The zero-order chi connectivity index (χ0) is 13.1. The Hall–Kier alpha value is -1.32. The van der Waals surface area contributed by atoms with Gasteiger partial charge in [0.15, 0.2) is 0 Å². The molecule has 0 saturated carbocycles. The molecule has 1 N–H and O–H groups in total. The largest absolute Gasteiger partial charge is 0.488 e. The summed E-state index contributed by atoms with van der Waals surface area (Å²) in [4.78, 5) is 0. The summed E-state index contributed by atoms with van der Waals surface area (Å²) >= 11 is 3.61. The highest BCUT2D eigenvalue weighted by Crippen LogP contribution is 2.31. The molecule has 0 spiro atoms. The summed E-state index contributed by atoms with van der Waals surface area (Å²) in [7, 11) is 0. The smallest absolute Gasteiger partial charge is 0.134 e. The molecule has 2 aromatic carbocycles. The fourth-order valence-electron chi connectivity index (χ4n) is 2.31. The van der Waals surface area contributed by atoms with Crippen molar-refractivity contribution < 1.29 is 4.74 Å². The van der Waals surface area contributed by atoms with Crippen LogP contribution in [0.25, 0.3) is 11.1 Å². The fourth-order valence-corrected chi connectivity index (χ4v) is 2.79. The first-order valence-electron chi connectivity index (χ1n) is 6.55. The van der Waals surface area contributed by atoms with E-state index < -0.39 is 0 Å². The number of nitrogens with one attached hydrogen (secondary N) is 1. The van der Waals surface area contributed by atoms with Gasteiger partial charge in [0.25, 0.3) is 0 Å². The van der Waals surface area contributed by atoms with Crippen LogP contribution in [0.4, 0.5) is 0 Å². The molecule has 2 nitrogen and oxygen atoms in total. The van der Waals surface area contributed by atoms with Crippen LogP contribution in [0, 0.1) is 0 Å². The third kappa shape index (κ3) is 2.99. The summed E-state index contributed by atoms with van der Waals surface area (Å²) in [5.41, 5.74) is 2.42. The molecule has 0 aliphatic carbocycles. The predicted octanol–water partition coefficient (Wildman–Crippen LogP) is 3.86. The van der Waals surface area contributed by atoms with Crippen LogP contribution in [0.15, 0.2) is 53.0 Å². The first-order valence-corrected chi connectivity index (χ1v) is 7.34. The molecule has 0 bridgehead atoms. The van der Waals surface area contributed by atoms with E-state index in [-0.39, 0.29) is 0 Å². The lowest BCUT2D eigenvalue weighted by molar-refractivity contribution is 0.221. The number of halogens is 1. The molecule has 1 aliphatic rings. The minimum atomic E-state index is 0.291. The summed E-state index contributed by atoms with van der Waals surface area (Å²) in [5.74, 6) is 0.924. The Bertz CT molecular complexity index is 550. The minimum absolute atomic E-state index is 0.291. The number of hydrogen-bond acceptors (Lipinski definition) is 2. The molecule has 98 valence electrons. The molecule has 1 unspecified atom stereocenters. The van der Waals surface area contributed by atoms with E-state index in [1.807, 2.05) is 12.1 Å². The summed E-state index contributed by atoms with van der Waals surface area (Å²) in [6.07, 6.45) is 1.37. The molecule has 1 saturated heterocycles. The molecule has 2 aromatic rings. The Kier molecular flexibility index (Phi) is 3.85. The Morgan fingerprint density at radius 3 is 2.58 bits per heavy atom. The number of hydrogen-bond donors (Lipinski definition) is 1. The van der Waals surface area contributed by atoms with Gasteiger partial charge in [0.2, 0.25) is 0 Å². The van der Waals surface area contributed by atoms with E-state index in [9.17, 15) is 0 Å². The predicted molar refractivity (Wildman–Crippen MR) is 81.5 cm³/mol. The molecule has 1 aliphatic heterocycles. The van der Waals surface area contributed by atoms with Crippen LogP contribution in [-0.2, 0) is 0 Å². The standard InChI is InChI=1S/C16H16BrNO/c17-15-10-13(12-4-2-1-3-5-12)6-7-16(15)19-14-8-9-18-11-14/h1-7,10,14,18H,8-9,11H2. The van der Waals surface area contributed by atoms with E-state index in [0.717, 1.165) is 29.7 Å². The maximum Gasteiger partial charge on any atom is 0.134 e. The van der Waals surface area contributed by atoms with Gasteiger partial charge in [0.05, 0.1) is 4.47 Å². The Balaban J connectivity index is 1.81. The van der Waals surface area contributed by atoms with Crippen molar-refractivity contribution in [2.45, 2.75) is 12.5 Å². The van der Waals surface area contributed by atoms with Gasteiger partial charge in [-0.15, -0.1) is 0 Å². The second-order valence-corrected chi connectivity index (χ2v) is 5.60. The lowest BCUT2D eigenvalue weighted by Gasteiger charge is -2.14. The van der Waals surface area contributed by atoms with Crippen LogP contribution in [0.3, 0.4) is 0 Å². The molecule has 3 heteroatoms. The maximum atomic E-state index is 5.99. The van der Waals surface area contributed by atoms with Crippen molar-refractivity contribution in [2.75, 3.05) is 13.1 Å². The van der Waals surface area contributed by atoms with Crippen LogP contribution in [-0.4, -0.2) is 19.2 Å². The summed E-state index contributed by atoms with van der Waals surface area (Å²) < 4.78 is 7.00. The number of benzene rings is 2. The van der Waals surface area contributed by atoms with E-state index in [4.69, 9.17) is 4.74 Å². The lowest BCUT2D eigenvalue weighted by Crippen LogP contribution is -2.19. The van der Waals surface area contributed by atoms with Gasteiger partial charge in [-0.25, -0.2) is 0 Å². The molecule has 1 atom stereocenters. The average molecular weight is 318 g/mol. The molecule has 19 heavy (non-hydrogen) atoms. The first-order chi connectivity index (χ1) is 9.33. The molecule has 0 radical (unpaired) electrons. The van der Waals surface area contributed by atoms with Crippen molar-refractivity contribution in [1.29, 1.82) is 0 Å². The van der Waals surface area contributed by atoms with Gasteiger partial charge in [-0.1, -0.05) is 36.4 Å². The van der Waals surface area contributed by atoms with Crippen LogP contribution in [0.5, 0.6) is 5.75 Å². The highest BCUT2D eigenvalue weighted by atomic mass is 79.9. The maximum absolute atomic E-state index is 5.99. The van der Waals surface area contributed by atoms with E-state index in [1.54, 1.807) is 0 Å². The topological polar surface area (TPSA) is 21.3 Å². The van der Waals surface area contributed by atoms with Gasteiger partial charge < -0.3 is 10.1 Å². The van der Waals surface area contributed by atoms with Crippen molar-refractivity contribution in [2.24, 2.45) is 0 Å². The molecule has 3 rings (SSSR count). The Morgan fingerprint density at radius 2 is 1.89 bits per heavy atom. The fraction of sp³-hybridized carbons (Fsp3) is 0.250. The quantitative estimate of drug-likeness (QED) is 0.928. The zero-order valence-corrected chi connectivity index (χ0v) is 12.2. The van der Waals surface area contributed by atoms with Crippen molar-refractivity contribution in [1.82, 2.24) is 5.32 Å². The van der Waals surface area contributed by atoms with Crippen LogP contribution in [0.1, 0.15) is 6.42 Å². The first kappa shape index (κ1) is 12.7. The third-order valence-corrected chi connectivity index (χ3v) is 3.97. The van der Waals surface area contributed by atoms with E-state index in [2.05, 4.69) is 57.6 Å². The highest BCUT2D eigenvalue weighted by Gasteiger charge is 2.17. The van der Waals surface area contributed by atoms with Crippen molar-refractivity contribution >= 4 is 15.9 Å². The second-order valence-electron chi connectivity index (χ2n) is 4.74. The van der Waals surface area contributed by atoms with Gasteiger partial charge in [-0.3, -0.25) is 0 Å². The van der Waals surface area contributed by atoms with E-state index in [0.29, 0.717) is 6.10 Å². The van der Waals surface area contributed by atoms with Crippen LogP contribution >= 0.6 is 15.9 Å². The molecule has 1 fully saturated rings. The Labute approximate surface area is 121 Å². The monoisotopic (exact) mass is 317 g/mol. The normalized spacial score (nSPS) is 18.5.